The van der Waals surface area contributed by atoms with E-state index in [1.165, 1.54) is 0 Å². The summed E-state index contributed by atoms with van der Waals surface area (Å²) in [5.74, 6) is -0.123. The molecule has 0 spiro atoms. The second kappa shape index (κ2) is 10.6. The topological polar surface area (TPSA) is 84.9 Å². The van der Waals surface area contributed by atoms with Gasteiger partial charge in [-0.3, -0.25) is 14.4 Å². The number of ether oxygens (including phenoxy) is 2. The van der Waals surface area contributed by atoms with Crippen molar-refractivity contribution in [1.82, 2.24) is 4.90 Å². The van der Waals surface area contributed by atoms with Crippen molar-refractivity contribution in [1.29, 1.82) is 0 Å². The largest absolute Gasteiger partial charge is 0.455 e. The molecule has 0 aliphatic carbocycles. The van der Waals surface area contributed by atoms with E-state index in [0.29, 0.717) is 43.1 Å². The number of likely N-dealkylation sites (tertiary alicyclic amines) is 1. The number of para-hydroxylation sites is 2. The van der Waals surface area contributed by atoms with E-state index in [4.69, 9.17) is 9.47 Å². The third kappa shape index (κ3) is 6.31. The molecule has 0 saturated carbocycles. The second-order valence-corrected chi connectivity index (χ2v) is 7.60. The molecule has 1 saturated heterocycles. The van der Waals surface area contributed by atoms with E-state index in [1.54, 1.807) is 30.0 Å². The molecule has 1 atom stereocenters. The smallest absolute Gasteiger partial charge is 0.311 e. The highest BCUT2D eigenvalue weighted by molar-refractivity contribution is 5.94. The summed E-state index contributed by atoms with van der Waals surface area (Å²) in [5, 5.41) is 2.73. The van der Waals surface area contributed by atoms with Crippen LogP contribution in [0.15, 0.2) is 48.5 Å². The molecule has 1 N–H and O–H groups in total. The molecule has 7 nitrogen and oxygen atoms in total. The van der Waals surface area contributed by atoms with Gasteiger partial charge in [0.25, 0.3) is 5.91 Å². The number of nitrogens with zero attached hydrogens (tertiary/aromatic N) is 1. The molecule has 1 fully saturated rings. The Kier molecular flexibility index (Phi) is 7.65. The number of hydrogen-bond donors (Lipinski definition) is 1. The predicted molar refractivity (Wildman–Crippen MR) is 117 cm³/mol. The van der Waals surface area contributed by atoms with Crippen LogP contribution in [-0.4, -0.2) is 42.4 Å². The standard InChI is InChI=1S/C24H28N2O5/c1-3-23(28)26-14-6-7-18(15-26)24(29)30-16-22(27)25-20-8-4-5-9-21(20)31-19-12-10-17(2)11-13-19/h4-5,8-13,18H,3,6-7,14-16H2,1-2H3,(H,25,27). The van der Waals surface area contributed by atoms with Crippen molar-refractivity contribution in [3.63, 3.8) is 0 Å². The molecule has 0 bridgehead atoms. The van der Waals surface area contributed by atoms with Gasteiger partial charge in [-0.1, -0.05) is 36.8 Å². The Morgan fingerprint density at radius 3 is 2.58 bits per heavy atom. The Labute approximate surface area is 182 Å². The molecule has 0 aromatic heterocycles. The van der Waals surface area contributed by atoms with Gasteiger partial charge in [-0.15, -0.1) is 0 Å². The summed E-state index contributed by atoms with van der Waals surface area (Å²) in [6, 6.07) is 14.7. The number of nitrogens with one attached hydrogen (secondary N) is 1. The summed E-state index contributed by atoms with van der Waals surface area (Å²) >= 11 is 0. The van der Waals surface area contributed by atoms with Crippen LogP contribution in [0, 0.1) is 12.8 Å². The molecule has 1 aliphatic heterocycles. The normalized spacial score (nSPS) is 15.8. The number of hydrogen-bond acceptors (Lipinski definition) is 5. The Morgan fingerprint density at radius 1 is 1.10 bits per heavy atom. The molecular weight excluding hydrogens is 396 g/mol. The van der Waals surface area contributed by atoms with Crippen molar-refractivity contribution >= 4 is 23.5 Å². The number of aryl methyl sites for hydroxylation is 1. The van der Waals surface area contributed by atoms with Crippen LogP contribution in [0.3, 0.4) is 0 Å². The highest BCUT2D eigenvalue weighted by Gasteiger charge is 2.29. The zero-order chi connectivity index (χ0) is 22.2. The minimum atomic E-state index is -0.453. The van der Waals surface area contributed by atoms with E-state index >= 15 is 0 Å². The first-order valence-electron chi connectivity index (χ1n) is 10.5. The maximum absolute atomic E-state index is 12.4. The van der Waals surface area contributed by atoms with Crippen molar-refractivity contribution in [2.75, 3.05) is 25.0 Å². The third-order valence-corrected chi connectivity index (χ3v) is 5.17. The van der Waals surface area contributed by atoms with Gasteiger partial charge in [0.1, 0.15) is 5.75 Å². The summed E-state index contributed by atoms with van der Waals surface area (Å²) in [7, 11) is 0. The van der Waals surface area contributed by atoms with Crippen LogP contribution in [0.25, 0.3) is 0 Å². The number of esters is 1. The van der Waals surface area contributed by atoms with Gasteiger partial charge in [-0.05, 0) is 44.0 Å². The monoisotopic (exact) mass is 424 g/mol. The molecule has 2 amide bonds. The van der Waals surface area contributed by atoms with Crippen molar-refractivity contribution in [2.24, 2.45) is 5.92 Å². The SMILES string of the molecule is CCC(=O)N1CCCC(C(=O)OCC(=O)Nc2ccccc2Oc2ccc(C)cc2)C1. The van der Waals surface area contributed by atoms with Gasteiger partial charge in [0.2, 0.25) is 5.91 Å². The molecule has 2 aromatic rings. The van der Waals surface area contributed by atoms with Crippen LogP contribution in [0.2, 0.25) is 0 Å². The van der Waals surface area contributed by atoms with Gasteiger partial charge in [-0.25, -0.2) is 0 Å². The molecular formula is C24H28N2O5. The lowest BCUT2D eigenvalue weighted by Gasteiger charge is -2.31. The lowest BCUT2D eigenvalue weighted by molar-refractivity contribution is -0.154. The Hall–Kier alpha value is -3.35. The molecule has 7 heteroatoms. The number of carbonyl (C=O) groups is 3. The molecule has 1 unspecified atom stereocenters. The third-order valence-electron chi connectivity index (χ3n) is 5.17. The van der Waals surface area contributed by atoms with Crippen LogP contribution in [0.1, 0.15) is 31.7 Å². The first-order valence-corrected chi connectivity index (χ1v) is 10.5. The second-order valence-electron chi connectivity index (χ2n) is 7.60. The Morgan fingerprint density at radius 2 is 1.84 bits per heavy atom. The van der Waals surface area contributed by atoms with Crippen LogP contribution >= 0.6 is 0 Å². The van der Waals surface area contributed by atoms with E-state index in [-0.39, 0.29) is 5.91 Å². The highest BCUT2D eigenvalue weighted by Crippen LogP contribution is 2.29. The van der Waals surface area contributed by atoms with Gasteiger partial charge in [-0.2, -0.15) is 0 Å². The van der Waals surface area contributed by atoms with E-state index < -0.39 is 24.4 Å². The van der Waals surface area contributed by atoms with Crippen molar-refractivity contribution in [3.8, 4) is 11.5 Å². The quantitative estimate of drug-likeness (QED) is 0.681. The molecule has 0 radical (unpaired) electrons. The average Bonchev–Trinajstić information content (AvgIpc) is 2.79. The summed E-state index contributed by atoms with van der Waals surface area (Å²) < 4.78 is 11.1. The minimum Gasteiger partial charge on any atom is -0.455 e. The number of carbonyl (C=O) groups excluding carboxylic acids is 3. The number of rotatable bonds is 7. The first kappa shape index (κ1) is 22.3. The number of piperidine rings is 1. The predicted octanol–water partition coefficient (Wildman–Crippen LogP) is 3.92. The zero-order valence-electron chi connectivity index (χ0n) is 17.9. The van der Waals surface area contributed by atoms with Gasteiger partial charge in [0.15, 0.2) is 12.4 Å². The summed E-state index contributed by atoms with van der Waals surface area (Å²) in [6.45, 7) is 4.41. The van der Waals surface area contributed by atoms with Crippen LogP contribution in [0.4, 0.5) is 5.69 Å². The Bertz CT molecular complexity index is 926. The molecule has 1 heterocycles. The van der Waals surface area contributed by atoms with E-state index in [9.17, 15) is 14.4 Å². The summed E-state index contributed by atoms with van der Waals surface area (Å²) in [5.41, 5.74) is 1.61. The number of amides is 2. The number of benzene rings is 2. The zero-order valence-corrected chi connectivity index (χ0v) is 17.9. The lowest BCUT2D eigenvalue weighted by Crippen LogP contribution is -2.42. The molecule has 1 aliphatic rings. The van der Waals surface area contributed by atoms with Crippen LogP contribution < -0.4 is 10.1 Å². The van der Waals surface area contributed by atoms with Gasteiger partial charge >= 0.3 is 5.97 Å². The van der Waals surface area contributed by atoms with E-state index in [1.807, 2.05) is 37.3 Å². The average molecular weight is 424 g/mol. The maximum Gasteiger partial charge on any atom is 0.311 e. The van der Waals surface area contributed by atoms with Gasteiger partial charge < -0.3 is 19.7 Å². The van der Waals surface area contributed by atoms with Crippen LogP contribution in [-0.2, 0) is 19.1 Å². The fourth-order valence-corrected chi connectivity index (χ4v) is 3.45. The summed E-state index contributed by atoms with van der Waals surface area (Å²) in [6.07, 6.45) is 1.82. The van der Waals surface area contributed by atoms with Crippen molar-refractivity contribution < 1.29 is 23.9 Å². The van der Waals surface area contributed by atoms with E-state index in [2.05, 4.69) is 5.32 Å². The molecule has 2 aromatic carbocycles. The summed E-state index contributed by atoms with van der Waals surface area (Å²) in [4.78, 5) is 38.3. The molecule has 3 rings (SSSR count). The van der Waals surface area contributed by atoms with Gasteiger partial charge in [0.05, 0.1) is 11.6 Å². The fraction of sp³-hybridized carbons (Fsp3) is 0.375. The molecule has 31 heavy (non-hydrogen) atoms. The maximum atomic E-state index is 12.4. The number of anilines is 1. The molecule has 164 valence electrons. The van der Waals surface area contributed by atoms with Gasteiger partial charge in [0, 0.05) is 19.5 Å². The lowest BCUT2D eigenvalue weighted by atomic mass is 9.98. The minimum absolute atomic E-state index is 0.0282. The Balaban J connectivity index is 1.53. The van der Waals surface area contributed by atoms with Crippen LogP contribution in [0.5, 0.6) is 11.5 Å². The van der Waals surface area contributed by atoms with Crippen molar-refractivity contribution in [2.45, 2.75) is 33.1 Å². The van der Waals surface area contributed by atoms with E-state index in [0.717, 1.165) is 12.0 Å². The highest BCUT2D eigenvalue weighted by atomic mass is 16.5. The fourth-order valence-electron chi connectivity index (χ4n) is 3.45. The van der Waals surface area contributed by atoms with Crippen molar-refractivity contribution in [3.05, 3.63) is 54.1 Å². The first-order chi connectivity index (χ1) is 15.0.